The molecule has 19 heavy (non-hydrogen) atoms. The lowest BCUT2D eigenvalue weighted by molar-refractivity contribution is 0.102. The molecule has 0 saturated heterocycles. The molecule has 1 heterocycles. The first kappa shape index (κ1) is 12.3. The van der Waals surface area contributed by atoms with Gasteiger partial charge in [0, 0.05) is 20.9 Å². The molecule has 0 spiro atoms. The molecule has 1 amide bonds. The van der Waals surface area contributed by atoms with Crippen molar-refractivity contribution in [3.63, 3.8) is 0 Å². The van der Waals surface area contributed by atoms with Crippen molar-refractivity contribution in [1.29, 1.82) is 0 Å². The van der Waals surface area contributed by atoms with Gasteiger partial charge in [0.05, 0.1) is 5.51 Å². The van der Waals surface area contributed by atoms with E-state index in [4.69, 9.17) is 0 Å². The number of nitrogens with one attached hydrogen (secondary N) is 1. The number of anilines is 1. The summed E-state index contributed by atoms with van der Waals surface area (Å²) in [7, 11) is 0. The fourth-order valence-corrected chi connectivity index (χ4v) is 2.89. The molecule has 0 radical (unpaired) electrons. The highest BCUT2D eigenvalue weighted by Crippen LogP contribution is 2.30. The molecule has 3 aromatic rings. The zero-order valence-electron chi connectivity index (χ0n) is 9.76. The molecule has 0 saturated carbocycles. The molecule has 0 fully saturated rings. The zero-order valence-corrected chi connectivity index (χ0v) is 12.2. The van der Waals surface area contributed by atoms with Gasteiger partial charge in [-0.3, -0.25) is 4.79 Å². The number of rotatable bonds is 2. The summed E-state index contributed by atoms with van der Waals surface area (Å²) in [5.41, 5.74) is 2.88. The SMILES string of the molecule is O=C(Nc1ccc(Br)c2ccccc12)c1cscn1. The number of hydrogen-bond acceptors (Lipinski definition) is 3. The second-order valence-corrected chi connectivity index (χ2v) is 5.54. The van der Waals surface area contributed by atoms with Gasteiger partial charge in [0.15, 0.2) is 0 Å². The van der Waals surface area contributed by atoms with Crippen molar-refractivity contribution in [3.8, 4) is 0 Å². The van der Waals surface area contributed by atoms with Gasteiger partial charge in [0.2, 0.25) is 0 Å². The van der Waals surface area contributed by atoms with Crippen molar-refractivity contribution in [1.82, 2.24) is 4.98 Å². The lowest BCUT2D eigenvalue weighted by Gasteiger charge is -2.09. The van der Waals surface area contributed by atoms with Crippen LogP contribution in [0.15, 0.2) is 51.8 Å². The molecule has 2 aromatic carbocycles. The molecule has 0 bridgehead atoms. The molecule has 0 aliphatic carbocycles. The van der Waals surface area contributed by atoms with Crippen LogP contribution in [0.4, 0.5) is 5.69 Å². The Hall–Kier alpha value is -1.72. The third-order valence-corrected chi connectivity index (χ3v) is 4.06. The van der Waals surface area contributed by atoms with E-state index in [9.17, 15) is 4.79 Å². The molecule has 0 unspecified atom stereocenters. The molecule has 94 valence electrons. The van der Waals surface area contributed by atoms with Crippen molar-refractivity contribution in [2.45, 2.75) is 0 Å². The number of aromatic nitrogens is 1. The van der Waals surface area contributed by atoms with Gasteiger partial charge in [0.25, 0.3) is 5.91 Å². The molecule has 3 nitrogen and oxygen atoms in total. The van der Waals surface area contributed by atoms with E-state index >= 15 is 0 Å². The number of amides is 1. The van der Waals surface area contributed by atoms with E-state index in [1.54, 1.807) is 10.9 Å². The minimum atomic E-state index is -0.186. The van der Waals surface area contributed by atoms with Gasteiger partial charge in [-0.25, -0.2) is 4.98 Å². The number of hydrogen-bond donors (Lipinski definition) is 1. The Labute approximate surface area is 122 Å². The monoisotopic (exact) mass is 332 g/mol. The van der Waals surface area contributed by atoms with E-state index in [0.29, 0.717) is 5.69 Å². The molecule has 1 N–H and O–H groups in total. The van der Waals surface area contributed by atoms with Crippen molar-refractivity contribution in [2.75, 3.05) is 5.32 Å². The number of halogens is 1. The van der Waals surface area contributed by atoms with E-state index in [1.807, 2.05) is 36.4 Å². The third-order valence-electron chi connectivity index (χ3n) is 2.78. The van der Waals surface area contributed by atoms with E-state index in [1.165, 1.54) is 11.3 Å². The van der Waals surface area contributed by atoms with E-state index in [-0.39, 0.29) is 5.91 Å². The predicted octanol–water partition coefficient (Wildman–Crippen LogP) is 4.31. The van der Waals surface area contributed by atoms with E-state index < -0.39 is 0 Å². The first-order valence-corrected chi connectivity index (χ1v) is 7.36. The highest BCUT2D eigenvalue weighted by atomic mass is 79.9. The van der Waals surface area contributed by atoms with Crippen LogP contribution in [0.1, 0.15) is 10.5 Å². The maximum atomic E-state index is 12.0. The molecule has 1 aromatic heterocycles. The number of carbonyl (C=O) groups is 1. The Morgan fingerprint density at radius 2 is 1.95 bits per heavy atom. The second-order valence-electron chi connectivity index (χ2n) is 3.97. The van der Waals surface area contributed by atoms with Crippen LogP contribution in [0.5, 0.6) is 0 Å². The first-order valence-electron chi connectivity index (χ1n) is 5.62. The Kier molecular flexibility index (Phi) is 3.31. The van der Waals surface area contributed by atoms with E-state index in [2.05, 4.69) is 26.2 Å². The summed E-state index contributed by atoms with van der Waals surface area (Å²) >= 11 is 4.92. The molecular formula is C14H9BrN2OS. The lowest BCUT2D eigenvalue weighted by atomic mass is 10.1. The maximum Gasteiger partial charge on any atom is 0.275 e. The predicted molar refractivity (Wildman–Crippen MR) is 81.7 cm³/mol. The van der Waals surface area contributed by atoms with Crippen molar-refractivity contribution >= 4 is 49.6 Å². The molecule has 0 atom stereocenters. The van der Waals surface area contributed by atoms with Crippen LogP contribution in [0, 0.1) is 0 Å². The lowest BCUT2D eigenvalue weighted by Crippen LogP contribution is -2.12. The Balaban J connectivity index is 2.02. The van der Waals surface area contributed by atoms with Crippen LogP contribution in [0.3, 0.4) is 0 Å². The quantitative estimate of drug-likeness (QED) is 0.759. The number of fused-ring (bicyclic) bond motifs is 1. The zero-order chi connectivity index (χ0) is 13.2. The smallest absolute Gasteiger partial charge is 0.275 e. The summed E-state index contributed by atoms with van der Waals surface area (Å²) in [5.74, 6) is -0.186. The third kappa shape index (κ3) is 2.39. The normalized spacial score (nSPS) is 10.6. The maximum absolute atomic E-state index is 12.0. The van der Waals surface area contributed by atoms with Gasteiger partial charge >= 0.3 is 0 Å². The summed E-state index contributed by atoms with van der Waals surface area (Å²) in [6, 6.07) is 11.7. The van der Waals surface area contributed by atoms with Crippen LogP contribution in [-0.4, -0.2) is 10.9 Å². The number of thiazole rings is 1. The highest BCUT2D eigenvalue weighted by Gasteiger charge is 2.10. The van der Waals surface area contributed by atoms with Crippen LogP contribution in [0.25, 0.3) is 10.8 Å². The first-order chi connectivity index (χ1) is 9.25. The van der Waals surface area contributed by atoms with Crippen molar-refractivity contribution in [2.24, 2.45) is 0 Å². The van der Waals surface area contributed by atoms with Crippen molar-refractivity contribution < 1.29 is 4.79 Å². The number of carbonyl (C=O) groups excluding carboxylic acids is 1. The standard InChI is InChI=1S/C14H9BrN2OS/c15-11-5-6-12(10-4-2-1-3-9(10)11)17-14(18)13-7-19-8-16-13/h1-8H,(H,17,18). The van der Waals surface area contributed by atoms with Gasteiger partial charge in [-0.2, -0.15) is 0 Å². The van der Waals surface area contributed by atoms with Gasteiger partial charge < -0.3 is 5.32 Å². The number of nitrogens with zero attached hydrogens (tertiary/aromatic N) is 1. The van der Waals surface area contributed by atoms with Gasteiger partial charge in [-0.15, -0.1) is 11.3 Å². The highest BCUT2D eigenvalue weighted by molar-refractivity contribution is 9.10. The minimum Gasteiger partial charge on any atom is -0.320 e. The number of benzene rings is 2. The Morgan fingerprint density at radius 3 is 2.68 bits per heavy atom. The summed E-state index contributed by atoms with van der Waals surface area (Å²) < 4.78 is 1.01. The van der Waals surface area contributed by atoms with Crippen LogP contribution >= 0.6 is 27.3 Å². The Morgan fingerprint density at radius 1 is 1.16 bits per heavy atom. The van der Waals surface area contributed by atoms with Gasteiger partial charge in [-0.1, -0.05) is 40.2 Å². The average Bonchev–Trinajstić information content (AvgIpc) is 2.96. The molecule has 3 rings (SSSR count). The summed E-state index contributed by atoms with van der Waals surface area (Å²) in [6.45, 7) is 0. The van der Waals surface area contributed by atoms with Crippen LogP contribution in [-0.2, 0) is 0 Å². The molecular weight excluding hydrogens is 324 g/mol. The summed E-state index contributed by atoms with van der Waals surface area (Å²) in [5, 5.41) is 6.70. The van der Waals surface area contributed by atoms with E-state index in [0.717, 1.165) is 20.9 Å². The Bertz CT molecular complexity index is 740. The van der Waals surface area contributed by atoms with Crippen molar-refractivity contribution in [3.05, 3.63) is 57.5 Å². The fraction of sp³-hybridized carbons (Fsp3) is 0. The van der Waals surface area contributed by atoms with Gasteiger partial charge in [-0.05, 0) is 17.5 Å². The average molecular weight is 333 g/mol. The molecule has 0 aliphatic heterocycles. The molecule has 0 aliphatic rings. The molecule has 5 heteroatoms. The second kappa shape index (κ2) is 5.11. The van der Waals surface area contributed by atoms with Gasteiger partial charge in [0.1, 0.15) is 5.69 Å². The summed E-state index contributed by atoms with van der Waals surface area (Å²) in [4.78, 5) is 16.0. The van der Waals surface area contributed by atoms with Crippen LogP contribution in [0.2, 0.25) is 0 Å². The largest absolute Gasteiger partial charge is 0.320 e. The van der Waals surface area contributed by atoms with Crippen LogP contribution < -0.4 is 5.32 Å². The topological polar surface area (TPSA) is 42.0 Å². The summed E-state index contributed by atoms with van der Waals surface area (Å²) in [6.07, 6.45) is 0. The minimum absolute atomic E-state index is 0.186. The fourth-order valence-electron chi connectivity index (χ4n) is 1.88.